The van der Waals surface area contributed by atoms with Crippen LogP contribution in [-0.4, -0.2) is 24.7 Å². The first-order chi connectivity index (χ1) is 9.13. The predicted octanol–water partition coefficient (Wildman–Crippen LogP) is 3.70. The van der Waals surface area contributed by atoms with Crippen molar-refractivity contribution in [1.82, 2.24) is 4.98 Å². The van der Waals surface area contributed by atoms with Crippen LogP contribution in [0.25, 0.3) is 10.9 Å². The monoisotopic (exact) mass is 387 g/mol. The molecule has 2 aromatic rings. The van der Waals surface area contributed by atoms with Crippen LogP contribution >= 0.6 is 31.9 Å². The van der Waals surface area contributed by atoms with Gasteiger partial charge in [0.15, 0.2) is 5.75 Å². The third-order valence-electron chi connectivity index (χ3n) is 2.53. The molecule has 1 aromatic carbocycles. The van der Waals surface area contributed by atoms with Crippen molar-refractivity contribution < 1.29 is 14.3 Å². The van der Waals surface area contributed by atoms with Gasteiger partial charge in [-0.2, -0.15) is 0 Å². The summed E-state index contributed by atoms with van der Waals surface area (Å²) in [4.78, 5) is 15.4. The molecule has 0 fully saturated rings. The summed E-state index contributed by atoms with van der Waals surface area (Å²) >= 11 is 6.93. The fourth-order valence-electron chi connectivity index (χ4n) is 1.62. The number of halogens is 2. The lowest BCUT2D eigenvalue weighted by molar-refractivity contribution is -0.141. The number of benzene rings is 1. The van der Waals surface area contributed by atoms with Gasteiger partial charge in [-0.15, -0.1) is 0 Å². The van der Waals surface area contributed by atoms with Crippen LogP contribution < -0.4 is 4.74 Å². The van der Waals surface area contributed by atoms with E-state index in [4.69, 9.17) is 4.74 Å². The molecular formula is C13H11Br2NO3. The van der Waals surface area contributed by atoms with E-state index in [1.165, 1.54) is 7.11 Å². The van der Waals surface area contributed by atoms with E-state index in [9.17, 15) is 4.79 Å². The van der Waals surface area contributed by atoms with Crippen molar-refractivity contribution in [2.75, 3.05) is 13.7 Å². The minimum Gasteiger partial charge on any atom is -0.489 e. The molecule has 6 heteroatoms. The Hall–Kier alpha value is -1.14. The molecule has 0 atom stereocenters. The summed E-state index contributed by atoms with van der Waals surface area (Å²) in [7, 11) is 1.36. The number of hydrogen-bond donors (Lipinski definition) is 0. The summed E-state index contributed by atoms with van der Waals surface area (Å²) in [6, 6.07) is 5.71. The van der Waals surface area contributed by atoms with Crippen molar-refractivity contribution in [2.24, 2.45) is 0 Å². The van der Waals surface area contributed by atoms with Gasteiger partial charge in [0.2, 0.25) is 0 Å². The topological polar surface area (TPSA) is 48.4 Å². The fraction of sp³-hybridized carbons (Fsp3) is 0.231. The number of pyridine rings is 1. The molecule has 0 saturated heterocycles. The third-order valence-corrected chi connectivity index (χ3v) is 3.78. The van der Waals surface area contributed by atoms with Crippen molar-refractivity contribution in [3.05, 3.63) is 33.3 Å². The van der Waals surface area contributed by atoms with Crippen molar-refractivity contribution in [3.8, 4) is 5.75 Å². The third kappa shape index (κ3) is 3.25. The number of carbonyl (C=O) groups is 1. The summed E-state index contributed by atoms with van der Waals surface area (Å²) < 4.78 is 11.9. The second kappa shape index (κ2) is 6.34. The number of esters is 1. The fourth-order valence-corrected chi connectivity index (χ4v) is 3.01. The lowest BCUT2D eigenvalue weighted by Gasteiger charge is -2.11. The standard InChI is InChI=1S/C13H11Br2NO3/c1-18-11(17)4-6-19-13-10(15)7-9(14)8-3-2-5-16-12(8)13/h2-3,5,7H,4,6H2,1H3. The van der Waals surface area contributed by atoms with Gasteiger partial charge in [0.05, 0.1) is 24.6 Å². The Balaban J connectivity index is 2.29. The van der Waals surface area contributed by atoms with E-state index in [2.05, 4.69) is 41.6 Å². The summed E-state index contributed by atoms with van der Waals surface area (Å²) in [5, 5.41) is 0.957. The molecule has 0 N–H and O–H groups in total. The highest BCUT2D eigenvalue weighted by Crippen LogP contribution is 2.37. The Bertz CT molecular complexity index is 616. The molecule has 19 heavy (non-hydrogen) atoms. The molecule has 100 valence electrons. The summed E-state index contributed by atoms with van der Waals surface area (Å²) in [6.07, 6.45) is 1.90. The van der Waals surface area contributed by atoms with Crippen LogP contribution in [0.4, 0.5) is 0 Å². The second-order valence-corrected chi connectivity index (χ2v) is 5.45. The number of methoxy groups -OCH3 is 1. The average molecular weight is 389 g/mol. The van der Waals surface area contributed by atoms with Crippen LogP contribution in [0.3, 0.4) is 0 Å². The number of aromatic nitrogens is 1. The molecular weight excluding hydrogens is 378 g/mol. The Labute approximate surface area is 127 Å². The first kappa shape index (κ1) is 14.3. The normalized spacial score (nSPS) is 10.5. The van der Waals surface area contributed by atoms with Gasteiger partial charge < -0.3 is 9.47 Å². The van der Waals surface area contributed by atoms with E-state index >= 15 is 0 Å². The van der Waals surface area contributed by atoms with Crippen LogP contribution in [0.5, 0.6) is 5.75 Å². The van der Waals surface area contributed by atoms with Crippen LogP contribution in [-0.2, 0) is 9.53 Å². The van der Waals surface area contributed by atoms with Crippen molar-refractivity contribution in [3.63, 3.8) is 0 Å². The Morgan fingerprint density at radius 3 is 2.89 bits per heavy atom. The molecule has 0 aliphatic rings. The van der Waals surface area contributed by atoms with E-state index in [1.54, 1.807) is 6.20 Å². The minimum atomic E-state index is -0.300. The maximum atomic E-state index is 11.1. The Morgan fingerprint density at radius 2 is 2.16 bits per heavy atom. The highest BCUT2D eigenvalue weighted by molar-refractivity contribution is 9.11. The predicted molar refractivity (Wildman–Crippen MR) is 79.3 cm³/mol. The molecule has 0 saturated carbocycles. The maximum Gasteiger partial charge on any atom is 0.308 e. The van der Waals surface area contributed by atoms with Gasteiger partial charge in [0, 0.05) is 16.1 Å². The zero-order chi connectivity index (χ0) is 13.8. The van der Waals surface area contributed by atoms with Gasteiger partial charge in [0.1, 0.15) is 5.52 Å². The number of hydrogen-bond acceptors (Lipinski definition) is 4. The van der Waals surface area contributed by atoms with Crippen LogP contribution in [0, 0.1) is 0 Å². The van der Waals surface area contributed by atoms with Crippen molar-refractivity contribution in [1.29, 1.82) is 0 Å². The second-order valence-electron chi connectivity index (χ2n) is 3.74. The zero-order valence-electron chi connectivity index (χ0n) is 10.2. The summed E-state index contributed by atoms with van der Waals surface area (Å²) in [6.45, 7) is 0.249. The molecule has 0 amide bonds. The quantitative estimate of drug-likeness (QED) is 0.749. The average Bonchev–Trinajstić information content (AvgIpc) is 2.42. The molecule has 0 spiro atoms. The lowest BCUT2D eigenvalue weighted by Crippen LogP contribution is -2.08. The Kier molecular flexibility index (Phi) is 4.76. The number of nitrogens with zero attached hydrogens (tertiary/aromatic N) is 1. The van der Waals surface area contributed by atoms with Crippen molar-refractivity contribution in [2.45, 2.75) is 6.42 Å². The molecule has 0 aliphatic carbocycles. The minimum absolute atomic E-state index is 0.202. The number of fused-ring (bicyclic) bond motifs is 1. The van der Waals surface area contributed by atoms with Gasteiger partial charge in [0.25, 0.3) is 0 Å². The first-order valence-electron chi connectivity index (χ1n) is 5.56. The SMILES string of the molecule is COC(=O)CCOc1c(Br)cc(Br)c2cccnc12. The zero-order valence-corrected chi connectivity index (χ0v) is 13.3. The molecule has 0 aliphatic heterocycles. The van der Waals surface area contributed by atoms with Gasteiger partial charge in [-0.1, -0.05) is 22.0 Å². The highest BCUT2D eigenvalue weighted by Gasteiger charge is 2.12. The van der Waals surface area contributed by atoms with E-state index in [0.717, 1.165) is 19.8 Å². The van der Waals surface area contributed by atoms with Gasteiger partial charge >= 0.3 is 5.97 Å². The molecule has 2 rings (SSSR count). The smallest absolute Gasteiger partial charge is 0.308 e. The molecule has 1 heterocycles. The highest BCUT2D eigenvalue weighted by atomic mass is 79.9. The van der Waals surface area contributed by atoms with E-state index < -0.39 is 0 Å². The largest absolute Gasteiger partial charge is 0.489 e. The van der Waals surface area contributed by atoms with Gasteiger partial charge in [-0.3, -0.25) is 9.78 Å². The van der Waals surface area contributed by atoms with Gasteiger partial charge in [-0.25, -0.2) is 0 Å². The van der Waals surface area contributed by atoms with Crippen LogP contribution in [0.1, 0.15) is 6.42 Å². The van der Waals surface area contributed by atoms with Crippen molar-refractivity contribution >= 4 is 48.7 Å². The molecule has 0 unspecified atom stereocenters. The van der Waals surface area contributed by atoms with E-state index in [0.29, 0.717) is 5.75 Å². The Morgan fingerprint density at radius 1 is 1.37 bits per heavy atom. The number of rotatable bonds is 4. The number of carbonyl (C=O) groups excluding carboxylic acids is 1. The molecule has 0 bridgehead atoms. The van der Waals surface area contributed by atoms with E-state index in [-0.39, 0.29) is 19.0 Å². The number of ether oxygens (including phenoxy) is 2. The van der Waals surface area contributed by atoms with E-state index in [1.807, 2.05) is 18.2 Å². The van der Waals surface area contributed by atoms with Gasteiger partial charge in [-0.05, 0) is 28.1 Å². The first-order valence-corrected chi connectivity index (χ1v) is 7.14. The summed E-state index contributed by atoms with van der Waals surface area (Å²) in [5.74, 6) is 0.327. The van der Waals surface area contributed by atoms with Crippen LogP contribution in [0.2, 0.25) is 0 Å². The molecule has 0 radical (unpaired) electrons. The van der Waals surface area contributed by atoms with Crippen LogP contribution in [0.15, 0.2) is 33.3 Å². The maximum absolute atomic E-state index is 11.1. The lowest BCUT2D eigenvalue weighted by atomic mass is 10.2. The summed E-state index contributed by atoms with van der Waals surface area (Å²) in [5.41, 5.74) is 0.744. The molecule has 4 nitrogen and oxygen atoms in total. The molecule has 1 aromatic heterocycles.